The van der Waals surface area contributed by atoms with E-state index in [2.05, 4.69) is 22.3 Å². The second-order valence-electron chi connectivity index (χ2n) is 6.87. The fraction of sp³-hybridized carbons (Fsp3) is 0.333. The number of nitrogens with zero attached hydrogens (tertiary/aromatic N) is 1. The van der Waals surface area contributed by atoms with E-state index in [1.165, 1.54) is 12.5 Å². The van der Waals surface area contributed by atoms with Gasteiger partial charge in [-0.25, -0.2) is 0 Å². The zero-order valence-electron chi connectivity index (χ0n) is 15.0. The molecule has 3 rings (SSSR count). The number of benzene rings is 2. The van der Waals surface area contributed by atoms with Crippen molar-refractivity contribution in [2.75, 3.05) is 25.0 Å². The second-order valence-corrected chi connectivity index (χ2v) is 6.87. The predicted molar refractivity (Wildman–Crippen MR) is 103 cm³/mol. The maximum absolute atomic E-state index is 12.2. The number of hydrogen-bond acceptors (Lipinski definition) is 4. The van der Waals surface area contributed by atoms with Gasteiger partial charge >= 0.3 is 0 Å². The molecule has 2 atom stereocenters. The molecule has 2 aromatic rings. The first-order chi connectivity index (χ1) is 12.5. The number of amides is 1. The standard InChI is InChI=1S/C21H25N3O2/c1-15(25)16-7-9-18(10-8-16)23-21(26)11-12-24-13-19(20(22)14-24)17-5-3-2-4-6-17/h2-10,19-20H,11-14,22H2,1H3,(H,23,26)/t19-,20+/m0/s1. The van der Waals surface area contributed by atoms with E-state index in [1.54, 1.807) is 24.3 Å². The highest BCUT2D eigenvalue weighted by molar-refractivity contribution is 5.95. The lowest BCUT2D eigenvalue weighted by molar-refractivity contribution is -0.116. The zero-order valence-corrected chi connectivity index (χ0v) is 15.0. The van der Waals surface area contributed by atoms with Gasteiger partial charge in [-0.1, -0.05) is 30.3 Å². The van der Waals surface area contributed by atoms with Gasteiger partial charge in [-0.15, -0.1) is 0 Å². The van der Waals surface area contributed by atoms with Crippen molar-refractivity contribution < 1.29 is 9.59 Å². The van der Waals surface area contributed by atoms with Gasteiger partial charge in [0.05, 0.1) is 0 Å². The third-order valence-corrected chi connectivity index (χ3v) is 4.90. The molecule has 2 aromatic carbocycles. The Kier molecular flexibility index (Phi) is 5.81. The van der Waals surface area contributed by atoms with E-state index in [4.69, 9.17) is 5.73 Å². The van der Waals surface area contributed by atoms with Crippen LogP contribution in [0.15, 0.2) is 54.6 Å². The molecular formula is C21H25N3O2. The molecule has 1 aliphatic rings. The van der Waals surface area contributed by atoms with Gasteiger partial charge in [0.1, 0.15) is 0 Å². The van der Waals surface area contributed by atoms with E-state index in [0.717, 1.165) is 13.1 Å². The van der Waals surface area contributed by atoms with Crippen LogP contribution < -0.4 is 11.1 Å². The van der Waals surface area contributed by atoms with Gasteiger partial charge in [0.25, 0.3) is 0 Å². The molecule has 1 amide bonds. The topological polar surface area (TPSA) is 75.4 Å². The van der Waals surface area contributed by atoms with Crippen LogP contribution in [0.1, 0.15) is 35.2 Å². The van der Waals surface area contributed by atoms with Crippen molar-refractivity contribution in [2.24, 2.45) is 5.73 Å². The Morgan fingerprint density at radius 1 is 1.08 bits per heavy atom. The summed E-state index contributed by atoms with van der Waals surface area (Å²) in [5.74, 6) is 0.303. The minimum atomic E-state index is -0.0303. The molecule has 3 N–H and O–H groups in total. The van der Waals surface area contributed by atoms with Crippen molar-refractivity contribution in [3.63, 3.8) is 0 Å². The minimum absolute atomic E-state index is 0.0150. The first-order valence-electron chi connectivity index (χ1n) is 8.96. The molecule has 1 aliphatic heterocycles. The van der Waals surface area contributed by atoms with Crippen LogP contribution >= 0.6 is 0 Å². The lowest BCUT2D eigenvalue weighted by Gasteiger charge is -2.16. The number of carbonyl (C=O) groups is 2. The number of rotatable bonds is 6. The third kappa shape index (κ3) is 4.56. The Morgan fingerprint density at radius 2 is 1.77 bits per heavy atom. The summed E-state index contributed by atoms with van der Waals surface area (Å²) in [5.41, 5.74) is 8.91. The number of anilines is 1. The van der Waals surface area contributed by atoms with Crippen LogP contribution in [0.5, 0.6) is 0 Å². The van der Waals surface area contributed by atoms with Crippen molar-refractivity contribution in [1.82, 2.24) is 4.90 Å². The van der Waals surface area contributed by atoms with Gasteiger partial charge < -0.3 is 16.0 Å². The Labute approximate surface area is 154 Å². The summed E-state index contributed by atoms with van der Waals surface area (Å²) in [7, 11) is 0. The van der Waals surface area contributed by atoms with Crippen molar-refractivity contribution in [3.05, 3.63) is 65.7 Å². The monoisotopic (exact) mass is 351 g/mol. The molecule has 136 valence electrons. The third-order valence-electron chi connectivity index (χ3n) is 4.90. The van der Waals surface area contributed by atoms with E-state index in [9.17, 15) is 9.59 Å². The highest BCUT2D eigenvalue weighted by Gasteiger charge is 2.31. The molecule has 0 radical (unpaired) electrons. The predicted octanol–water partition coefficient (Wildman–Crippen LogP) is 2.64. The summed E-state index contributed by atoms with van der Waals surface area (Å²) in [4.78, 5) is 25.7. The zero-order chi connectivity index (χ0) is 18.5. The number of nitrogens with one attached hydrogen (secondary N) is 1. The van der Waals surface area contributed by atoms with Crippen molar-refractivity contribution in [3.8, 4) is 0 Å². The number of ketones is 1. The summed E-state index contributed by atoms with van der Waals surface area (Å²) in [6.07, 6.45) is 0.419. The van der Waals surface area contributed by atoms with Crippen LogP contribution in [0, 0.1) is 0 Å². The van der Waals surface area contributed by atoms with Crippen LogP contribution in [0.3, 0.4) is 0 Å². The van der Waals surface area contributed by atoms with Crippen molar-refractivity contribution >= 4 is 17.4 Å². The summed E-state index contributed by atoms with van der Waals surface area (Å²) >= 11 is 0. The molecule has 5 heteroatoms. The van der Waals surface area contributed by atoms with Crippen LogP contribution in [0.2, 0.25) is 0 Å². The number of likely N-dealkylation sites (tertiary alicyclic amines) is 1. The van der Waals surface area contributed by atoms with E-state index < -0.39 is 0 Å². The number of Topliss-reactive ketones (excluding diaryl/α,β-unsaturated/α-hetero) is 1. The first kappa shape index (κ1) is 18.3. The smallest absolute Gasteiger partial charge is 0.225 e. The van der Waals surface area contributed by atoms with Crippen LogP contribution in [-0.4, -0.2) is 42.3 Å². The molecule has 1 fully saturated rings. The number of carbonyl (C=O) groups excluding carboxylic acids is 2. The Hall–Kier alpha value is -2.50. The molecule has 26 heavy (non-hydrogen) atoms. The van der Waals surface area contributed by atoms with Crippen molar-refractivity contribution in [1.29, 1.82) is 0 Å². The Morgan fingerprint density at radius 3 is 2.42 bits per heavy atom. The highest BCUT2D eigenvalue weighted by atomic mass is 16.1. The van der Waals surface area contributed by atoms with Gasteiger partial charge in [-0.05, 0) is 36.8 Å². The van der Waals surface area contributed by atoms with Gasteiger partial charge in [0.15, 0.2) is 5.78 Å². The largest absolute Gasteiger partial charge is 0.326 e. The Bertz CT molecular complexity index is 759. The molecule has 0 saturated carbocycles. The lowest BCUT2D eigenvalue weighted by Crippen LogP contribution is -2.30. The quantitative estimate of drug-likeness (QED) is 0.785. The molecule has 0 aromatic heterocycles. The fourth-order valence-electron chi connectivity index (χ4n) is 3.42. The molecule has 1 saturated heterocycles. The first-order valence-corrected chi connectivity index (χ1v) is 8.96. The molecule has 0 unspecified atom stereocenters. The maximum Gasteiger partial charge on any atom is 0.225 e. The summed E-state index contributed by atoms with van der Waals surface area (Å²) in [6, 6.07) is 17.4. The average molecular weight is 351 g/mol. The van der Waals surface area contributed by atoms with E-state index in [-0.39, 0.29) is 17.7 Å². The SMILES string of the molecule is CC(=O)c1ccc(NC(=O)CCN2C[C@@H](N)[C@H](c3ccccc3)C2)cc1. The molecule has 0 bridgehead atoms. The lowest BCUT2D eigenvalue weighted by atomic mass is 9.95. The number of nitrogens with two attached hydrogens (primary N) is 1. The van der Waals surface area contributed by atoms with E-state index in [0.29, 0.717) is 30.1 Å². The summed E-state index contributed by atoms with van der Waals surface area (Å²) in [6.45, 7) is 3.90. The van der Waals surface area contributed by atoms with Crippen molar-refractivity contribution in [2.45, 2.75) is 25.3 Å². The molecule has 5 nitrogen and oxygen atoms in total. The van der Waals surface area contributed by atoms with E-state index >= 15 is 0 Å². The normalized spacial score (nSPS) is 20.1. The highest BCUT2D eigenvalue weighted by Crippen LogP contribution is 2.26. The van der Waals surface area contributed by atoms with Crippen LogP contribution in [0.4, 0.5) is 5.69 Å². The van der Waals surface area contributed by atoms with Crippen LogP contribution in [0.25, 0.3) is 0 Å². The molecule has 1 heterocycles. The second kappa shape index (κ2) is 8.25. The van der Waals surface area contributed by atoms with Crippen LogP contribution in [-0.2, 0) is 4.79 Å². The van der Waals surface area contributed by atoms with Gasteiger partial charge in [0, 0.05) is 49.3 Å². The summed E-state index contributed by atoms with van der Waals surface area (Å²) in [5, 5.41) is 2.88. The maximum atomic E-state index is 12.2. The minimum Gasteiger partial charge on any atom is -0.326 e. The van der Waals surface area contributed by atoms with Gasteiger partial charge in [0.2, 0.25) is 5.91 Å². The summed E-state index contributed by atoms with van der Waals surface area (Å²) < 4.78 is 0. The fourth-order valence-corrected chi connectivity index (χ4v) is 3.42. The molecular weight excluding hydrogens is 326 g/mol. The average Bonchev–Trinajstić information content (AvgIpc) is 3.02. The molecule has 0 spiro atoms. The number of hydrogen-bond donors (Lipinski definition) is 2. The van der Waals surface area contributed by atoms with Gasteiger partial charge in [-0.2, -0.15) is 0 Å². The Balaban J connectivity index is 1.48. The van der Waals surface area contributed by atoms with Gasteiger partial charge in [-0.3, -0.25) is 9.59 Å². The molecule has 0 aliphatic carbocycles. The van der Waals surface area contributed by atoms with E-state index in [1.807, 2.05) is 18.2 Å².